The summed E-state index contributed by atoms with van der Waals surface area (Å²) < 4.78 is 0. The second-order valence-electron chi connectivity index (χ2n) is 5.07. The molecule has 3 nitrogen and oxygen atoms in total. The zero-order chi connectivity index (χ0) is 16.1. The smallest absolute Gasteiger partial charge is 0.279 e. The molecule has 0 aliphatic carbocycles. The molecule has 22 heavy (non-hydrogen) atoms. The molecule has 0 radical (unpaired) electrons. The van der Waals surface area contributed by atoms with Crippen molar-refractivity contribution in [3.63, 3.8) is 0 Å². The predicted molar refractivity (Wildman–Crippen MR) is 92.0 cm³/mol. The number of nitrogens with one attached hydrogen (secondary N) is 2. The van der Waals surface area contributed by atoms with Gasteiger partial charge in [-0.25, -0.2) is 0 Å². The van der Waals surface area contributed by atoms with Crippen LogP contribution in [0.25, 0.3) is 0 Å². The lowest BCUT2D eigenvalue weighted by Gasteiger charge is -2.15. The number of benzene rings is 2. The minimum atomic E-state index is -0.131. The normalized spacial score (nSPS) is 12.0. The molecule has 116 valence electrons. The number of anilines is 1. The first-order valence-corrected chi connectivity index (χ1v) is 7.88. The largest absolute Gasteiger partial charge is 0.326 e. The van der Waals surface area contributed by atoms with Crippen molar-refractivity contribution in [2.45, 2.75) is 6.54 Å². The Bertz CT molecular complexity index is 676. The quantitative estimate of drug-likeness (QED) is 0.845. The van der Waals surface area contributed by atoms with Gasteiger partial charge in [0, 0.05) is 15.6 Å². The van der Waals surface area contributed by atoms with Gasteiger partial charge in [0.05, 0.1) is 17.8 Å². The third-order valence-corrected chi connectivity index (χ3v) is 4.05. The van der Waals surface area contributed by atoms with Crippen molar-refractivity contribution in [3.8, 4) is 0 Å². The van der Waals surface area contributed by atoms with Gasteiger partial charge in [0.2, 0.25) is 0 Å². The average Bonchev–Trinajstić information content (AvgIpc) is 2.45. The fraction of sp³-hybridized carbons (Fsp3) is 0.188. The highest BCUT2D eigenvalue weighted by atomic mass is 35.5. The molecule has 1 amide bonds. The summed E-state index contributed by atoms with van der Waals surface area (Å²) in [4.78, 5) is 13.1. The number of likely N-dealkylation sites (N-methyl/N-ethyl adjacent to an activating group) is 1. The van der Waals surface area contributed by atoms with Gasteiger partial charge in [0.25, 0.3) is 5.91 Å². The lowest BCUT2D eigenvalue weighted by molar-refractivity contribution is -0.885. The number of carbonyl (C=O) groups excluding carboxylic acids is 1. The van der Waals surface area contributed by atoms with E-state index in [2.05, 4.69) is 5.32 Å². The summed E-state index contributed by atoms with van der Waals surface area (Å²) in [7, 11) is 1.93. The molecule has 6 heteroatoms. The third-order valence-electron chi connectivity index (χ3n) is 3.11. The van der Waals surface area contributed by atoms with Gasteiger partial charge in [-0.15, -0.1) is 0 Å². The van der Waals surface area contributed by atoms with Crippen LogP contribution in [0.2, 0.25) is 15.1 Å². The molecule has 0 aliphatic rings. The van der Waals surface area contributed by atoms with E-state index in [0.717, 1.165) is 10.5 Å². The zero-order valence-corrected chi connectivity index (χ0v) is 14.3. The summed E-state index contributed by atoms with van der Waals surface area (Å²) in [5.41, 5.74) is 1.53. The molecule has 2 rings (SSSR count). The first kappa shape index (κ1) is 17.1. The Hall–Kier alpha value is -1.26. The van der Waals surface area contributed by atoms with Crippen LogP contribution in [-0.2, 0) is 11.3 Å². The summed E-state index contributed by atoms with van der Waals surface area (Å²) in [6.45, 7) is 0.963. The van der Waals surface area contributed by atoms with Gasteiger partial charge in [0.15, 0.2) is 6.54 Å². The van der Waals surface area contributed by atoms with E-state index in [1.807, 2.05) is 31.3 Å². The fourth-order valence-electron chi connectivity index (χ4n) is 2.09. The molecule has 0 spiro atoms. The number of halogens is 3. The fourth-order valence-corrected chi connectivity index (χ4v) is 2.63. The Labute approximate surface area is 144 Å². The second-order valence-corrected chi connectivity index (χ2v) is 6.33. The van der Waals surface area contributed by atoms with Crippen LogP contribution in [0.15, 0.2) is 42.5 Å². The van der Waals surface area contributed by atoms with Crippen molar-refractivity contribution < 1.29 is 9.69 Å². The number of carbonyl (C=O) groups is 1. The number of rotatable bonds is 5. The maximum atomic E-state index is 12.1. The van der Waals surface area contributed by atoms with Gasteiger partial charge in [-0.05, 0) is 24.3 Å². The number of quaternary nitrogens is 1. The first-order valence-electron chi connectivity index (χ1n) is 6.75. The summed E-state index contributed by atoms with van der Waals surface area (Å²) >= 11 is 18.1. The minimum Gasteiger partial charge on any atom is -0.326 e. The minimum absolute atomic E-state index is 0.131. The van der Waals surface area contributed by atoms with E-state index >= 15 is 0 Å². The summed E-state index contributed by atoms with van der Waals surface area (Å²) in [5.74, 6) is -0.131. The van der Waals surface area contributed by atoms with Crippen LogP contribution < -0.4 is 10.2 Å². The number of hydrogen-bond donors (Lipinski definition) is 2. The average molecular weight is 359 g/mol. The lowest BCUT2D eigenvalue weighted by Crippen LogP contribution is -3.08. The van der Waals surface area contributed by atoms with Gasteiger partial charge in [-0.3, -0.25) is 4.79 Å². The molecule has 2 N–H and O–H groups in total. The lowest BCUT2D eigenvalue weighted by atomic mass is 10.2. The van der Waals surface area contributed by atoms with Gasteiger partial charge < -0.3 is 10.2 Å². The van der Waals surface area contributed by atoms with Gasteiger partial charge in [0.1, 0.15) is 6.54 Å². The number of hydrogen-bond acceptors (Lipinski definition) is 1. The van der Waals surface area contributed by atoms with E-state index < -0.39 is 0 Å². The molecule has 0 aliphatic heterocycles. The van der Waals surface area contributed by atoms with Crippen molar-refractivity contribution in [2.24, 2.45) is 0 Å². The highest BCUT2D eigenvalue weighted by Gasteiger charge is 2.13. The van der Waals surface area contributed by atoms with Crippen LogP contribution in [0.3, 0.4) is 0 Å². The van der Waals surface area contributed by atoms with E-state index in [-0.39, 0.29) is 5.91 Å². The van der Waals surface area contributed by atoms with Crippen molar-refractivity contribution >= 4 is 46.4 Å². The molecule has 0 saturated heterocycles. The summed E-state index contributed by atoms with van der Waals surface area (Å²) in [5, 5.41) is 4.47. The van der Waals surface area contributed by atoms with Crippen LogP contribution >= 0.6 is 34.8 Å². The van der Waals surface area contributed by atoms with E-state index in [1.165, 1.54) is 0 Å². The predicted octanol–water partition coefficient (Wildman–Crippen LogP) is 3.30. The summed E-state index contributed by atoms with van der Waals surface area (Å²) in [6.07, 6.45) is 0. The standard InChI is InChI=1S/C16H15Cl3N2O/c1-21(9-11-4-2-3-5-13(11)18)10-16(22)20-15-8-12(17)6-7-14(15)19/h2-8H,9-10H2,1H3,(H,20,22)/p+1. The SMILES string of the molecule is C[NH+](CC(=O)Nc1cc(Cl)ccc1Cl)Cc1ccccc1Cl. The molecule has 1 atom stereocenters. The Morgan fingerprint density at radius 3 is 2.55 bits per heavy atom. The first-order chi connectivity index (χ1) is 10.5. The molecular weight excluding hydrogens is 343 g/mol. The molecule has 0 bridgehead atoms. The Balaban J connectivity index is 1.94. The Morgan fingerprint density at radius 2 is 1.82 bits per heavy atom. The molecule has 1 unspecified atom stereocenters. The molecule has 2 aromatic carbocycles. The van der Waals surface area contributed by atoms with Crippen LogP contribution in [-0.4, -0.2) is 19.5 Å². The second kappa shape index (κ2) is 7.84. The summed E-state index contributed by atoms with van der Waals surface area (Å²) in [6, 6.07) is 12.6. The number of amides is 1. The molecule has 0 heterocycles. The molecule has 0 fully saturated rings. The molecule has 2 aromatic rings. The topological polar surface area (TPSA) is 33.5 Å². The van der Waals surface area contributed by atoms with E-state index in [0.29, 0.717) is 33.8 Å². The zero-order valence-electron chi connectivity index (χ0n) is 12.0. The van der Waals surface area contributed by atoms with Crippen molar-refractivity contribution in [1.82, 2.24) is 0 Å². The highest BCUT2D eigenvalue weighted by molar-refractivity contribution is 6.35. The van der Waals surface area contributed by atoms with Crippen LogP contribution in [0, 0.1) is 0 Å². The van der Waals surface area contributed by atoms with Gasteiger partial charge in [-0.2, -0.15) is 0 Å². The van der Waals surface area contributed by atoms with Gasteiger partial charge >= 0.3 is 0 Å². The van der Waals surface area contributed by atoms with Crippen molar-refractivity contribution in [2.75, 3.05) is 18.9 Å². The molecule has 0 aromatic heterocycles. The Morgan fingerprint density at radius 1 is 1.09 bits per heavy atom. The van der Waals surface area contributed by atoms with Crippen LogP contribution in [0.5, 0.6) is 0 Å². The third kappa shape index (κ3) is 4.89. The van der Waals surface area contributed by atoms with E-state index in [4.69, 9.17) is 34.8 Å². The maximum Gasteiger partial charge on any atom is 0.279 e. The van der Waals surface area contributed by atoms with Crippen LogP contribution in [0.4, 0.5) is 5.69 Å². The van der Waals surface area contributed by atoms with Crippen molar-refractivity contribution in [1.29, 1.82) is 0 Å². The molecular formula is C16H16Cl3N2O+. The Kier molecular flexibility index (Phi) is 6.09. The maximum absolute atomic E-state index is 12.1. The van der Waals surface area contributed by atoms with Crippen molar-refractivity contribution in [3.05, 3.63) is 63.1 Å². The van der Waals surface area contributed by atoms with E-state index in [9.17, 15) is 4.79 Å². The highest BCUT2D eigenvalue weighted by Crippen LogP contribution is 2.25. The monoisotopic (exact) mass is 357 g/mol. The van der Waals surface area contributed by atoms with Crippen LogP contribution in [0.1, 0.15) is 5.56 Å². The molecule has 0 saturated carbocycles. The van der Waals surface area contributed by atoms with Gasteiger partial charge in [-0.1, -0.05) is 53.0 Å². The van der Waals surface area contributed by atoms with E-state index in [1.54, 1.807) is 18.2 Å².